The number of aliphatic hydroxyl groups excluding tert-OH is 1. The van der Waals surface area contributed by atoms with Crippen LogP contribution in [0.15, 0.2) is 35.0 Å². The van der Waals surface area contributed by atoms with E-state index >= 15 is 0 Å². The van der Waals surface area contributed by atoms with Crippen molar-refractivity contribution in [1.29, 1.82) is 0 Å². The van der Waals surface area contributed by atoms with E-state index in [1.54, 1.807) is 11.3 Å². The minimum atomic E-state index is -0.0531. The van der Waals surface area contributed by atoms with E-state index in [-0.39, 0.29) is 6.61 Å². The van der Waals surface area contributed by atoms with E-state index in [1.807, 2.05) is 12.1 Å². The molecule has 0 aliphatic heterocycles. The summed E-state index contributed by atoms with van der Waals surface area (Å²) in [5, 5.41) is 13.2. The van der Waals surface area contributed by atoms with Gasteiger partial charge in [-0.3, -0.25) is 0 Å². The highest BCUT2D eigenvalue weighted by Gasteiger charge is 2.04. The van der Waals surface area contributed by atoms with Crippen LogP contribution in [0.1, 0.15) is 5.82 Å². The Hall–Kier alpha value is -1.65. The van der Waals surface area contributed by atoms with E-state index in [0.717, 1.165) is 11.0 Å². The van der Waals surface area contributed by atoms with Crippen molar-refractivity contribution in [2.24, 2.45) is 0 Å². The zero-order chi connectivity index (χ0) is 11.0. The van der Waals surface area contributed by atoms with Gasteiger partial charge in [0.1, 0.15) is 12.4 Å². The van der Waals surface area contributed by atoms with Crippen molar-refractivity contribution in [3.05, 3.63) is 40.8 Å². The summed E-state index contributed by atoms with van der Waals surface area (Å²) in [6, 6.07) is 8.17. The number of H-pyrrole nitrogens is 1. The van der Waals surface area contributed by atoms with Gasteiger partial charge in [-0.1, -0.05) is 6.07 Å². The van der Waals surface area contributed by atoms with Crippen LogP contribution in [0, 0.1) is 0 Å². The van der Waals surface area contributed by atoms with Gasteiger partial charge in [0.2, 0.25) is 0 Å². The molecule has 0 spiro atoms. The maximum absolute atomic E-state index is 9.00. The van der Waals surface area contributed by atoms with Crippen LogP contribution in [0.2, 0.25) is 0 Å². The molecule has 3 nitrogen and oxygen atoms in total. The van der Waals surface area contributed by atoms with Gasteiger partial charge < -0.3 is 10.1 Å². The monoisotopic (exact) mass is 230 g/mol. The summed E-state index contributed by atoms with van der Waals surface area (Å²) < 4.78 is 0. The molecular formula is C12H10N2OS. The van der Waals surface area contributed by atoms with Gasteiger partial charge in [-0.2, -0.15) is 11.3 Å². The van der Waals surface area contributed by atoms with Gasteiger partial charge in [-0.25, -0.2) is 4.98 Å². The molecule has 0 atom stereocenters. The van der Waals surface area contributed by atoms with Crippen molar-refractivity contribution in [3.63, 3.8) is 0 Å². The van der Waals surface area contributed by atoms with Crippen LogP contribution in [-0.4, -0.2) is 15.1 Å². The second kappa shape index (κ2) is 3.73. The minimum Gasteiger partial charge on any atom is -0.388 e. The van der Waals surface area contributed by atoms with E-state index in [9.17, 15) is 0 Å². The van der Waals surface area contributed by atoms with E-state index in [4.69, 9.17) is 5.11 Å². The number of thiophene rings is 1. The molecule has 0 unspecified atom stereocenters. The van der Waals surface area contributed by atoms with Gasteiger partial charge in [0.25, 0.3) is 0 Å². The molecule has 0 saturated carbocycles. The van der Waals surface area contributed by atoms with E-state index in [1.165, 1.54) is 11.1 Å². The molecule has 0 amide bonds. The average molecular weight is 230 g/mol. The predicted octanol–water partition coefficient (Wildman–Crippen LogP) is 2.78. The Labute approximate surface area is 96.4 Å². The second-order valence-electron chi connectivity index (χ2n) is 3.59. The lowest BCUT2D eigenvalue weighted by Gasteiger charge is -1.96. The molecule has 0 radical (unpaired) electrons. The fourth-order valence-corrected chi connectivity index (χ4v) is 2.41. The normalized spacial score (nSPS) is 11.1. The molecule has 0 aliphatic carbocycles. The van der Waals surface area contributed by atoms with Crippen LogP contribution in [0.3, 0.4) is 0 Å². The molecule has 2 heterocycles. The molecule has 3 aromatic rings. The van der Waals surface area contributed by atoms with Gasteiger partial charge in [0, 0.05) is 0 Å². The number of aromatic nitrogens is 2. The highest BCUT2D eigenvalue weighted by Crippen LogP contribution is 2.25. The zero-order valence-corrected chi connectivity index (χ0v) is 9.29. The molecule has 0 saturated heterocycles. The first-order valence-electron chi connectivity index (χ1n) is 4.99. The molecule has 1 aromatic carbocycles. The number of rotatable bonds is 2. The van der Waals surface area contributed by atoms with Crippen molar-refractivity contribution in [2.75, 3.05) is 0 Å². The third-order valence-corrected chi connectivity index (χ3v) is 3.22. The van der Waals surface area contributed by atoms with E-state index < -0.39 is 0 Å². The summed E-state index contributed by atoms with van der Waals surface area (Å²) in [7, 11) is 0. The number of benzene rings is 1. The number of aliphatic hydroxyl groups is 1. The van der Waals surface area contributed by atoms with Gasteiger partial charge >= 0.3 is 0 Å². The average Bonchev–Trinajstić information content (AvgIpc) is 2.96. The highest BCUT2D eigenvalue weighted by molar-refractivity contribution is 7.08. The van der Waals surface area contributed by atoms with Crippen LogP contribution < -0.4 is 0 Å². The second-order valence-corrected chi connectivity index (χ2v) is 4.37. The lowest BCUT2D eigenvalue weighted by atomic mass is 10.1. The summed E-state index contributed by atoms with van der Waals surface area (Å²) in [6.45, 7) is -0.0531. The smallest absolute Gasteiger partial charge is 0.133 e. The van der Waals surface area contributed by atoms with Crippen molar-refractivity contribution < 1.29 is 5.11 Å². The molecule has 2 N–H and O–H groups in total. The van der Waals surface area contributed by atoms with Crippen molar-refractivity contribution in [2.45, 2.75) is 6.61 Å². The summed E-state index contributed by atoms with van der Waals surface area (Å²) in [5.74, 6) is 0.609. The summed E-state index contributed by atoms with van der Waals surface area (Å²) >= 11 is 1.68. The third-order valence-electron chi connectivity index (χ3n) is 2.54. The number of aromatic amines is 1. The molecule has 80 valence electrons. The first-order valence-corrected chi connectivity index (χ1v) is 5.93. The topological polar surface area (TPSA) is 48.9 Å². The van der Waals surface area contributed by atoms with Crippen LogP contribution >= 0.6 is 11.3 Å². The number of fused-ring (bicyclic) bond motifs is 1. The Bertz CT molecular complexity index is 613. The zero-order valence-electron chi connectivity index (χ0n) is 8.47. The Kier molecular flexibility index (Phi) is 2.23. The Morgan fingerprint density at radius 2 is 2.19 bits per heavy atom. The predicted molar refractivity (Wildman–Crippen MR) is 65.3 cm³/mol. The molecule has 0 bridgehead atoms. The number of nitrogens with one attached hydrogen (secondary N) is 1. The van der Waals surface area contributed by atoms with Crippen LogP contribution in [0.4, 0.5) is 0 Å². The fourth-order valence-electron chi connectivity index (χ4n) is 1.75. The summed E-state index contributed by atoms with van der Waals surface area (Å²) in [6.07, 6.45) is 0. The first kappa shape index (κ1) is 9.57. The summed E-state index contributed by atoms with van der Waals surface area (Å²) in [4.78, 5) is 7.34. The molecule has 3 rings (SSSR count). The van der Waals surface area contributed by atoms with Crippen molar-refractivity contribution in [3.8, 4) is 11.1 Å². The summed E-state index contributed by atoms with van der Waals surface area (Å²) in [5.41, 5.74) is 4.24. The minimum absolute atomic E-state index is 0.0531. The SMILES string of the molecule is OCc1nc2ccc(-c3ccsc3)cc2[nH]1. The van der Waals surface area contributed by atoms with Crippen LogP contribution in [-0.2, 0) is 6.61 Å². The Morgan fingerprint density at radius 1 is 1.25 bits per heavy atom. The third kappa shape index (κ3) is 1.52. The largest absolute Gasteiger partial charge is 0.388 e. The lowest BCUT2D eigenvalue weighted by molar-refractivity contribution is 0.273. The molecule has 4 heteroatoms. The first-order chi connectivity index (χ1) is 7.86. The maximum atomic E-state index is 9.00. The number of hydrogen-bond acceptors (Lipinski definition) is 3. The van der Waals surface area contributed by atoms with E-state index in [2.05, 4.69) is 32.9 Å². The van der Waals surface area contributed by atoms with Gasteiger partial charge in [0.15, 0.2) is 0 Å². The number of nitrogens with zero attached hydrogens (tertiary/aromatic N) is 1. The van der Waals surface area contributed by atoms with Crippen molar-refractivity contribution >= 4 is 22.4 Å². The standard InChI is InChI=1S/C12H10N2OS/c15-6-12-13-10-2-1-8(5-11(10)14-12)9-3-4-16-7-9/h1-5,7,15H,6H2,(H,13,14). The highest BCUT2D eigenvalue weighted by atomic mass is 32.1. The van der Waals surface area contributed by atoms with Crippen molar-refractivity contribution in [1.82, 2.24) is 9.97 Å². The van der Waals surface area contributed by atoms with Gasteiger partial charge in [-0.15, -0.1) is 0 Å². The van der Waals surface area contributed by atoms with E-state index in [0.29, 0.717) is 5.82 Å². The van der Waals surface area contributed by atoms with Crippen LogP contribution in [0.5, 0.6) is 0 Å². The number of hydrogen-bond donors (Lipinski definition) is 2. The molecule has 16 heavy (non-hydrogen) atoms. The van der Waals surface area contributed by atoms with Gasteiger partial charge in [0.05, 0.1) is 11.0 Å². The Morgan fingerprint density at radius 3 is 2.94 bits per heavy atom. The van der Waals surface area contributed by atoms with Crippen LogP contribution in [0.25, 0.3) is 22.2 Å². The fraction of sp³-hybridized carbons (Fsp3) is 0.0833. The quantitative estimate of drug-likeness (QED) is 0.711. The van der Waals surface area contributed by atoms with Gasteiger partial charge in [-0.05, 0) is 40.1 Å². The number of imidazole rings is 1. The maximum Gasteiger partial charge on any atom is 0.133 e. The lowest BCUT2D eigenvalue weighted by Crippen LogP contribution is -1.83. The Balaban J connectivity index is 2.15. The molecule has 0 aliphatic rings. The molecule has 0 fully saturated rings. The molecule has 2 aromatic heterocycles. The molecular weight excluding hydrogens is 220 g/mol.